The number of rotatable bonds is 2. The Bertz CT molecular complexity index is 346. The van der Waals surface area contributed by atoms with E-state index in [9.17, 15) is 0 Å². The molecule has 20 heavy (non-hydrogen) atoms. The molecule has 0 aromatic heterocycles. The van der Waals surface area contributed by atoms with Gasteiger partial charge < -0.3 is 0 Å². The van der Waals surface area contributed by atoms with Crippen LogP contribution in [0.4, 0.5) is 0 Å². The maximum absolute atomic E-state index is 2.84. The van der Waals surface area contributed by atoms with Crippen LogP contribution < -0.4 is 0 Å². The molecule has 0 nitrogen and oxygen atoms in total. The molecule has 0 radical (unpaired) electrons. The molecule has 116 valence electrons. The molecular formula is C18H34P2. The van der Waals surface area contributed by atoms with Crippen LogP contribution in [0.1, 0.15) is 74.1 Å². The highest BCUT2D eigenvalue weighted by atomic mass is 31.1. The van der Waals surface area contributed by atoms with Gasteiger partial charge >= 0.3 is 0 Å². The van der Waals surface area contributed by atoms with Crippen molar-refractivity contribution in [2.24, 2.45) is 5.41 Å². The lowest BCUT2D eigenvalue weighted by Crippen LogP contribution is -2.14. The summed E-state index contributed by atoms with van der Waals surface area (Å²) in [6.07, 6.45) is 5.85. The Hall–Kier alpha value is 0.600. The van der Waals surface area contributed by atoms with Crippen LogP contribution in [0.15, 0.2) is 11.1 Å². The van der Waals surface area contributed by atoms with Crippen LogP contribution in [0.3, 0.4) is 0 Å². The molecule has 2 heteroatoms. The normalized spacial score (nSPS) is 43.2. The molecule has 0 N–H and O–H groups in total. The minimum absolute atomic E-state index is 0.104. The Morgan fingerprint density at radius 3 is 1.60 bits per heavy atom. The predicted octanol–water partition coefficient (Wildman–Crippen LogP) is 6.98. The highest BCUT2D eigenvalue weighted by molar-refractivity contribution is 7.67. The minimum Gasteiger partial charge on any atom is -0.0771 e. The minimum atomic E-state index is 0.104. The van der Waals surface area contributed by atoms with E-state index in [-0.39, 0.29) is 15.8 Å². The van der Waals surface area contributed by atoms with Crippen molar-refractivity contribution in [1.82, 2.24) is 0 Å². The van der Waals surface area contributed by atoms with Crippen LogP contribution in [-0.2, 0) is 0 Å². The molecule has 2 heterocycles. The van der Waals surface area contributed by atoms with Crippen molar-refractivity contribution >= 4 is 15.8 Å². The van der Waals surface area contributed by atoms with Crippen LogP contribution in [0.2, 0.25) is 0 Å². The molecule has 0 bridgehead atoms. The van der Waals surface area contributed by atoms with Crippen molar-refractivity contribution in [2.45, 2.75) is 96.8 Å². The molecule has 2 fully saturated rings. The Morgan fingerprint density at radius 2 is 1.20 bits per heavy atom. The lowest BCUT2D eigenvalue weighted by Gasteiger charge is -2.35. The summed E-state index contributed by atoms with van der Waals surface area (Å²) in [5.41, 5.74) is 4.20. The molecule has 2 aliphatic rings. The van der Waals surface area contributed by atoms with Crippen molar-refractivity contribution in [3.8, 4) is 0 Å². The predicted molar refractivity (Wildman–Crippen MR) is 97.7 cm³/mol. The second kappa shape index (κ2) is 6.38. The summed E-state index contributed by atoms with van der Waals surface area (Å²) < 4.78 is 0. The maximum Gasteiger partial charge on any atom is -0.0127 e. The summed E-state index contributed by atoms with van der Waals surface area (Å²) >= 11 is 0. The average molecular weight is 312 g/mol. The van der Waals surface area contributed by atoms with E-state index in [2.05, 4.69) is 54.3 Å². The summed E-state index contributed by atoms with van der Waals surface area (Å²) in [5.74, 6) is 2.84. The van der Waals surface area contributed by atoms with Crippen LogP contribution in [0.5, 0.6) is 0 Å². The van der Waals surface area contributed by atoms with E-state index in [0.29, 0.717) is 5.41 Å². The first-order valence-electron chi connectivity index (χ1n) is 8.50. The number of hydrogen-bond donors (Lipinski definition) is 0. The molecule has 4 unspecified atom stereocenters. The smallest absolute Gasteiger partial charge is 0.0127 e. The second-order valence-corrected chi connectivity index (χ2v) is 14.1. The Balaban J connectivity index is 2.33. The fourth-order valence-corrected chi connectivity index (χ4v) is 11.3. The lowest BCUT2D eigenvalue weighted by atomic mass is 9.97. The maximum atomic E-state index is 2.84. The van der Waals surface area contributed by atoms with E-state index < -0.39 is 0 Å². The first-order chi connectivity index (χ1) is 9.21. The van der Waals surface area contributed by atoms with Crippen molar-refractivity contribution in [3.63, 3.8) is 0 Å². The zero-order valence-electron chi connectivity index (χ0n) is 14.6. The van der Waals surface area contributed by atoms with Gasteiger partial charge in [0.15, 0.2) is 0 Å². The fraction of sp³-hybridized carbons (Fsp3) is 0.889. The molecule has 2 rings (SSSR count). The summed E-state index contributed by atoms with van der Waals surface area (Å²) in [7, 11) is 0.233. The number of hydrogen-bond acceptors (Lipinski definition) is 0. The third-order valence-electron chi connectivity index (χ3n) is 5.29. The van der Waals surface area contributed by atoms with Crippen LogP contribution in [0, 0.1) is 5.41 Å². The molecule has 0 saturated carbocycles. The Kier molecular flexibility index (Phi) is 5.41. The standard InChI is InChI=1S/C18H34P2/c1-13-8-9-14(2)19(13)12-17(18(5,6)7)20-15(3)10-11-16(20)4/h12-16H,8-11H2,1-7H3. The van der Waals surface area contributed by atoms with E-state index >= 15 is 0 Å². The highest BCUT2D eigenvalue weighted by Gasteiger charge is 2.38. The first-order valence-corrected chi connectivity index (χ1v) is 11.5. The first kappa shape index (κ1) is 17.0. The average Bonchev–Trinajstić information content (AvgIpc) is 2.81. The molecule has 0 spiro atoms. The third-order valence-corrected chi connectivity index (χ3v) is 12.4. The number of allylic oxidation sites excluding steroid dienone is 1. The van der Waals surface area contributed by atoms with Gasteiger partial charge in [-0.05, 0) is 59.0 Å². The van der Waals surface area contributed by atoms with E-state index in [1.807, 2.05) is 5.31 Å². The van der Waals surface area contributed by atoms with Crippen molar-refractivity contribution in [3.05, 3.63) is 11.1 Å². The summed E-state index contributed by atoms with van der Waals surface area (Å²) in [4.78, 5) is 0. The van der Waals surface area contributed by atoms with Crippen LogP contribution in [-0.4, -0.2) is 22.6 Å². The molecule has 0 aromatic rings. The summed E-state index contributed by atoms with van der Waals surface area (Å²) in [6, 6.07) is 0. The van der Waals surface area contributed by atoms with Gasteiger partial charge in [0.05, 0.1) is 0 Å². The summed E-state index contributed by atoms with van der Waals surface area (Å²) in [5, 5.41) is 1.87. The molecular weight excluding hydrogens is 278 g/mol. The zero-order valence-corrected chi connectivity index (χ0v) is 16.4. The van der Waals surface area contributed by atoms with Gasteiger partial charge in [0.2, 0.25) is 0 Å². The van der Waals surface area contributed by atoms with E-state index in [1.165, 1.54) is 25.7 Å². The van der Waals surface area contributed by atoms with Gasteiger partial charge in [0.1, 0.15) is 0 Å². The van der Waals surface area contributed by atoms with Gasteiger partial charge in [-0.3, -0.25) is 0 Å². The van der Waals surface area contributed by atoms with Crippen LogP contribution >= 0.6 is 15.8 Å². The zero-order chi connectivity index (χ0) is 15.1. The molecule has 2 saturated heterocycles. The van der Waals surface area contributed by atoms with Crippen molar-refractivity contribution in [1.29, 1.82) is 0 Å². The molecule has 0 aliphatic carbocycles. The quantitative estimate of drug-likeness (QED) is 0.482. The van der Waals surface area contributed by atoms with E-state index in [0.717, 1.165) is 22.6 Å². The van der Waals surface area contributed by atoms with Gasteiger partial charge in [0, 0.05) is 0 Å². The van der Waals surface area contributed by atoms with Crippen LogP contribution in [0.25, 0.3) is 0 Å². The second-order valence-electron chi connectivity index (χ2n) is 8.17. The van der Waals surface area contributed by atoms with Crippen molar-refractivity contribution < 1.29 is 0 Å². The topological polar surface area (TPSA) is 0 Å². The summed E-state index contributed by atoms with van der Waals surface area (Å²) in [6.45, 7) is 17.4. The molecule has 4 atom stereocenters. The van der Waals surface area contributed by atoms with Gasteiger partial charge in [-0.15, -0.1) is 0 Å². The Morgan fingerprint density at radius 1 is 0.800 bits per heavy atom. The molecule has 0 aromatic carbocycles. The van der Waals surface area contributed by atoms with E-state index in [4.69, 9.17) is 0 Å². The SMILES string of the molecule is CC1CCC(C)P1C=C(P1C(C)CCC1C)C(C)(C)C. The largest absolute Gasteiger partial charge is 0.0771 e. The molecule has 2 aliphatic heterocycles. The third kappa shape index (κ3) is 3.50. The Labute approximate surface area is 129 Å². The van der Waals surface area contributed by atoms with Gasteiger partial charge in [-0.25, -0.2) is 0 Å². The molecule has 0 amide bonds. The fourth-order valence-electron chi connectivity index (χ4n) is 3.93. The van der Waals surface area contributed by atoms with Gasteiger partial charge in [-0.2, -0.15) is 0 Å². The van der Waals surface area contributed by atoms with E-state index in [1.54, 1.807) is 0 Å². The highest BCUT2D eigenvalue weighted by Crippen LogP contribution is 2.68. The van der Waals surface area contributed by atoms with Crippen molar-refractivity contribution in [2.75, 3.05) is 0 Å². The van der Waals surface area contributed by atoms with Gasteiger partial charge in [-0.1, -0.05) is 70.1 Å². The lowest BCUT2D eigenvalue weighted by molar-refractivity contribution is 0.530. The monoisotopic (exact) mass is 312 g/mol. The van der Waals surface area contributed by atoms with Gasteiger partial charge in [0.25, 0.3) is 0 Å².